The molecule has 0 aliphatic heterocycles. The first-order valence-corrected chi connectivity index (χ1v) is 11.7. The monoisotopic (exact) mass is 453 g/mol. The molecule has 4 heteroatoms. The van der Waals surface area contributed by atoms with Crippen LogP contribution in [-0.4, -0.2) is 0 Å². The molecule has 0 atom stereocenters. The molecule has 0 amide bonds. The van der Waals surface area contributed by atoms with Crippen molar-refractivity contribution >= 4 is 5.69 Å². The normalized spacial score (nSPS) is 12.4. The summed E-state index contributed by atoms with van der Waals surface area (Å²) in [5.41, 5.74) is 13.7. The maximum absolute atomic E-state index is 13.4. The van der Waals surface area contributed by atoms with E-state index in [2.05, 4.69) is 0 Å². The van der Waals surface area contributed by atoms with Gasteiger partial charge in [0.2, 0.25) is 0 Å². The van der Waals surface area contributed by atoms with Crippen LogP contribution in [0.1, 0.15) is 39.8 Å². The van der Waals surface area contributed by atoms with Crippen molar-refractivity contribution in [3.63, 3.8) is 0 Å². The second kappa shape index (κ2) is 9.60. The van der Waals surface area contributed by atoms with Crippen molar-refractivity contribution < 1.29 is 13.9 Å². The number of ether oxygens (including phenoxy) is 2. The quantitative estimate of drug-likeness (QED) is 0.302. The molecule has 0 saturated heterocycles. The van der Waals surface area contributed by atoms with Crippen LogP contribution >= 0.6 is 0 Å². The number of nitrogen functional groups attached to an aromatic ring is 1. The molecule has 0 radical (unpaired) electrons. The Morgan fingerprint density at radius 3 is 2.41 bits per heavy atom. The van der Waals surface area contributed by atoms with Gasteiger partial charge in [-0.05, 0) is 84.8 Å². The number of benzene rings is 4. The third-order valence-electron chi connectivity index (χ3n) is 6.37. The van der Waals surface area contributed by atoms with Gasteiger partial charge in [-0.25, -0.2) is 4.39 Å². The van der Waals surface area contributed by atoms with Crippen molar-refractivity contribution in [1.29, 1.82) is 0 Å². The van der Waals surface area contributed by atoms with Crippen LogP contribution < -0.4 is 15.2 Å². The minimum Gasteiger partial charge on any atom is -0.489 e. The summed E-state index contributed by atoms with van der Waals surface area (Å²) in [5, 5.41) is 0. The molecule has 0 unspecified atom stereocenters. The van der Waals surface area contributed by atoms with Crippen molar-refractivity contribution in [1.82, 2.24) is 0 Å². The Kier molecular flexibility index (Phi) is 6.22. The summed E-state index contributed by atoms with van der Waals surface area (Å²) in [7, 11) is 0. The summed E-state index contributed by atoms with van der Waals surface area (Å²) in [6, 6.07) is 24.6. The highest BCUT2D eigenvalue weighted by molar-refractivity contribution is 5.62. The second-order valence-electron chi connectivity index (χ2n) is 8.87. The molecule has 0 heterocycles. The Hall–Kier alpha value is -3.79. The van der Waals surface area contributed by atoms with Gasteiger partial charge in [-0.3, -0.25) is 0 Å². The van der Waals surface area contributed by atoms with Crippen molar-refractivity contribution in [3.8, 4) is 17.2 Å². The van der Waals surface area contributed by atoms with Crippen molar-refractivity contribution in [2.24, 2.45) is 0 Å². The standard InChI is InChI=1S/C30H28FNO2/c1-20-16-28(32)26-8-5-9-27(26)30(20)34-25-14-15-29(33-19-22-6-3-2-4-7-22)23(18-25)17-21-10-12-24(31)13-11-21/h2-4,6-7,10-16,18H,5,8-9,17,19,32H2,1H3. The highest BCUT2D eigenvalue weighted by Gasteiger charge is 2.21. The van der Waals surface area contributed by atoms with Crippen molar-refractivity contribution in [2.45, 2.75) is 39.2 Å². The van der Waals surface area contributed by atoms with Gasteiger partial charge >= 0.3 is 0 Å². The lowest BCUT2D eigenvalue weighted by molar-refractivity contribution is 0.303. The van der Waals surface area contributed by atoms with Gasteiger partial charge < -0.3 is 15.2 Å². The highest BCUT2D eigenvalue weighted by atomic mass is 19.1. The number of anilines is 1. The highest BCUT2D eigenvalue weighted by Crippen LogP contribution is 2.40. The zero-order chi connectivity index (χ0) is 23.5. The molecule has 5 rings (SSSR count). The SMILES string of the molecule is Cc1cc(N)c2c(c1Oc1ccc(OCc3ccccc3)c(Cc3ccc(F)cc3)c1)CCC2. The van der Waals surface area contributed by atoms with Crippen LogP contribution in [0.4, 0.5) is 10.1 Å². The third-order valence-corrected chi connectivity index (χ3v) is 6.37. The molecule has 4 aromatic rings. The Bertz CT molecular complexity index is 1300. The summed E-state index contributed by atoms with van der Waals surface area (Å²) in [6.45, 7) is 2.52. The summed E-state index contributed by atoms with van der Waals surface area (Å²) in [6.07, 6.45) is 3.69. The molecule has 34 heavy (non-hydrogen) atoms. The van der Waals surface area contributed by atoms with E-state index in [9.17, 15) is 4.39 Å². The van der Waals surface area contributed by atoms with Crippen LogP contribution in [-0.2, 0) is 25.9 Å². The Labute approximate surface area is 200 Å². The van der Waals surface area contributed by atoms with Gasteiger partial charge in [-0.2, -0.15) is 0 Å². The van der Waals surface area contributed by atoms with Gasteiger partial charge in [0.15, 0.2) is 0 Å². The predicted molar refractivity (Wildman–Crippen MR) is 134 cm³/mol. The summed E-state index contributed by atoms with van der Waals surface area (Å²) in [4.78, 5) is 0. The van der Waals surface area contributed by atoms with Crippen LogP contribution in [0.2, 0.25) is 0 Å². The van der Waals surface area contributed by atoms with E-state index in [0.717, 1.165) is 64.5 Å². The lowest BCUT2D eigenvalue weighted by Gasteiger charge is -2.18. The van der Waals surface area contributed by atoms with E-state index in [4.69, 9.17) is 15.2 Å². The Morgan fingerprint density at radius 1 is 0.853 bits per heavy atom. The topological polar surface area (TPSA) is 44.5 Å². The lowest BCUT2D eigenvalue weighted by atomic mass is 10.0. The maximum Gasteiger partial charge on any atom is 0.133 e. The fourth-order valence-electron chi connectivity index (χ4n) is 4.65. The van der Waals surface area contributed by atoms with E-state index in [0.29, 0.717) is 13.0 Å². The molecule has 1 aliphatic rings. The number of rotatable bonds is 7. The lowest BCUT2D eigenvalue weighted by Crippen LogP contribution is -2.02. The average Bonchev–Trinajstić information content (AvgIpc) is 3.34. The minimum absolute atomic E-state index is 0.242. The number of halogens is 1. The molecule has 0 bridgehead atoms. The number of hydrogen-bond acceptors (Lipinski definition) is 3. The van der Waals surface area contributed by atoms with E-state index in [1.165, 1.54) is 23.3 Å². The molecule has 0 spiro atoms. The number of fused-ring (bicyclic) bond motifs is 1. The van der Waals surface area contributed by atoms with Crippen LogP contribution in [0.15, 0.2) is 78.9 Å². The molecule has 3 nitrogen and oxygen atoms in total. The zero-order valence-electron chi connectivity index (χ0n) is 19.3. The number of aryl methyl sites for hydroxylation is 1. The van der Waals surface area contributed by atoms with E-state index >= 15 is 0 Å². The van der Waals surface area contributed by atoms with Gasteiger partial charge in [-0.15, -0.1) is 0 Å². The van der Waals surface area contributed by atoms with E-state index in [1.54, 1.807) is 12.1 Å². The van der Waals surface area contributed by atoms with Crippen molar-refractivity contribution in [3.05, 3.63) is 118 Å². The molecular formula is C30H28FNO2. The number of hydrogen-bond donors (Lipinski definition) is 1. The van der Waals surface area contributed by atoms with E-state index < -0.39 is 0 Å². The fourth-order valence-corrected chi connectivity index (χ4v) is 4.65. The summed E-state index contributed by atoms with van der Waals surface area (Å²) < 4.78 is 26.1. The molecule has 172 valence electrons. The van der Waals surface area contributed by atoms with Crippen LogP contribution in [0, 0.1) is 12.7 Å². The largest absolute Gasteiger partial charge is 0.489 e. The Balaban J connectivity index is 1.46. The first kappa shape index (κ1) is 22.0. The zero-order valence-corrected chi connectivity index (χ0v) is 19.3. The molecule has 0 fully saturated rings. The van der Waals surface area contributed by atoms with E-state index in [-0.39, 0.29) is 5.82 Å². The molecule has 0 aromatic heterocycles. The first-order valence-electron chi connectivity index (χ1n) is 11.7. The fraction of sp³-hybridized carbons (Fsp3) is 0.200. The minimum atomic E-state index is -0.242. The van der Waals surface area contributed by atoms with Gasteiger partial charge in [0.1, 0.15) is 29.7 Å². The van der Waals surface area contributed by atoms with Crippen LogP contribution in [0.25, 0.3) is 0 Å². The molecule has 4 aromatic carbocycles. The molecule has 0 saturated carbocycles. The van der Waals surface area contributed by atoms with Crippen molar-refractivity contribution in [2.75, 3.05) is 5.73 Å². The second-order valence-corrected chi connectivity index (χ2v) is 8.87. The summed E-state index contributed by atoms with van der Waals surface area (Å²) >= 11 is 0. The van der Waals surface area contributed by atoms with Crippen LogP contribution in [0.3, 0.4) is 0 Å². The predicted octanol–water partition coefficient (Wildman–Crippen LogP) is 7.17. The number of nitrogens with two attached hydrogens (primary N) is 1. The van der Waals surface area contributed by atoms with Gasteiger partial charge in [0.25, 0.3) is 0 Å². The molecule has 2 N–H and O–H groups in total. The first-order chi connectivity index (χ1) is 16.6. The molecular weight excluding hydrogens is 425 g/mol. The van der Waals surface area contributed by atoms with Gasteiger partial charge in [0, 0.05) is 23.2 Å². The van der Waals surface area contributed by atoms with Gasteiger partial charge in [0.05, 0.1) is 0 Å². The van der Waals surface area contributed by atoms with E-state index in [1.807, 2.05) is 61.5 Å². The Morgan fingerprint density at radius 2 is 1.62 bits per heavy atom. The summed E-state index contributed by atoms with van der Waals surface area (Å²) in [5.74, 6) is 2.22. The average molecular weight is 454 g/mol. The smallest absolute Gasteiger partial charge is 0.133 e. The maximum atomic E-state index is 13.4. The van der Waals surface area contributed by atoms with Gasteiger partial charge in [-0.1, -0.05) is 42.5 Å². The molecule has 1 aliphatic carbocycles. The third kappa shape index (κ3) is 4.76. The van der Waals surface area contributed by atoms with Crippen LogP contribution in [0.5, 0.6) is 17.2 Å².